The Morgan fingerprint density at radius 2 is 2.07 bits per heavy atom. The van der Waals surface area contributed by atoms with E-state index < -0.39 is 23.5 Å². The highest BCUT2D eigenvalue weighted by molar-refractivity contribution is 6.15. The third-order valence-electron chi connectivity index (χ3n) is 5.26. The van der Waals surface area contributed by atoms with Crippen LogP contribution in [0.4, 0.5) is 0 Å². The van der Waals surface area contributed by atoms with Crippen molar-refractivity contribution in [1.29, 1.82) is 0 Å². The molecule has 1 atom stereocenters. The van der Waals surface area contributed by atoms with Crippen molar-refractivity contribution in [2.45, 2.75) is 19.4 Å². The van der Waals surface area contributed by atoms with Gasteiger partial charge >= 0.3 is 0 Å². The van der Waals surface area contributed by atoms with E-state index in [9.17, 15) is 14.7 Å². The Labute approximate surface area is 167 Å². The molecule has 0 bridgehead atoms. The number of ether oxygens (including phenoxy) is 1. The van der Waals surface area contributed by atoms with Crippen molar-refractivity contribution < 1.29 is 23.8 Å². The van der Waals surface area contributed by atoms with Crippen molar-refractivity contribution in [1.82, 2.24) is 9.88 Å². The van der Waals surface area contributed by atoms with Gasteiger partial charge in [0.05, 0.1) is 17.9 Å². The lowest BCUT2D eigenvalue weighted by Gasteiger charge is -2.27. The number of rotatable bonds is 7. The predicted octanol–water partition coefficient (Wildman–Crippen LogP) is 3.68. The second-order valence-electron chi connectivity index (χ2n) is 7.03. The summed E-state index contributed by atoms with van der Waals surface area (Å²) in [7, 11) is 1.59. The Bertz CT molecular complexity index is 1090. The Morgan fingerprint density at radius 3 is 2.79 bits per heavy atom. The van der Waals surface area contributed by atoms with E-state index in [2.05, 4.69) is 4.98 Å². The quantitative estimate of drug-likeness (QED) is 0.471. The highest BCUT2D eigenvalue weighted by Crippen LogP contribution is 2.43. The number of ketones is 1. The molecular weight excluding hydrogens is 372 g/mol. The summed E-state index contributed by atoms with van der Waals surface area (Å²) in [6.07, 6.45) is 1.97. The van der Waals surface area contributed by atoms with Gasteiger partial charge in [0.25, 0.3) is 5.91 Å². The van der Waals surface area contributed by atoms with Crippen LogP contribution in [0.2, 0.25) is 0 Å². The first-order valence-electron chi connectivity index (χ1n) is 9.43. The number of benzene rings is 1. The number of aromatic amines is 1. The number of carbonyl (C=O) groups excluding carboxylic acids is 2. The number of para-hydroxylation sites is 1. The lowest BCUT2D eigenvalue weighted by atomic mass is 9.93. The van der Waals surface area contributed by atoms with Gasteiger partial charge in [0.15, 0.2) is 11.5 Å². The van der Waals surface area contributed by atoms with E-state index in [1.165, 1.54) is 17.2 Å². The van der Waals surface area contributed by atoms with Crippen molar-refractivity contribution in [3.63, 3.8) is 0 Å². The molecule has 4 rings (SSSR count). The van der Waals surface area contributed by atoms with Crippen LogP contribution in [-0.2, 0) is 9.53 Å². The molecule has 150 valence electrons. The summed E-state index contributed by atoms with van der Waals surface area (Å²) < 4.78 is 10.4. The number of aliphatic hydroxyl groups excluding tert-OH is 1. The van der Waals surface area contributed by atoms with Crippen molar-refractivity contribution >= 4 is 22.6 Å². The van der Waals surface area contributed by atoms with Crippen LogP contribution in [0, 0.1) is 6.92 Å². The topological polar surface area (TPSA) is 95.8 Å². The van der Waals surface area contributed by atoms with Crippen LogP contribution in [0.5, 0.6) is 0 Å². The monoisotopic (exact) mass is 394 g/mol. The van der Waals surface area contributed by atoms with Crippen molar-refractivity contribution in [3.05, 3.63) is 71.0 Å². The minimum absolute atomic E-state index is 0.0372. The first kappa shape index (κ1) is 19.0. The number of amides is 1. The molecular formula is C22H22N2O5. The molecule has 0 spiro atoms. The Hall–Kier alpha value is -3.32. The second-order valence-corrected chi connectivity index (χ2v) is 7.03. The van der Waals surface area contributed by atoms with E-state index in [0.29, 0.717) is 19.6 Å². The number of hydrogen-bond acceptors (Lipinski definition) is 5. The molecule has 0 fully saturated rings. The molecule has 1 aliphatic rings. The molecule has 0 aliphatic carbocycles. The molecule has 1 aromatic carbocycles. The largest absolute Gasteiger partial charge is 0.503 e. The van der Waals surface area contributed by atoms with E-state index in [0.717, 1.165) is 22.2 Å². The van der Waals surface area contributed by atoms with Gasteiger partial charge in [-0.1, -0.05) is 18.2 Å². The summed E-state index contributed by atoms with van der Waals surface area (Å²) in [6, 6.07) is 10.1. The van der Waals surface area contributed by atoms with Crippen LogP contribution in [0.1, 0.15) is 34.3 Å². The molecule has 2 N–H and O–H groups in total. The molecule has 7 heteroatoms. The molecule has 3 heterocycles. The molecule has 3 aromatic rings. The van der Waals surface area contributed by atoms with Gasteiger partial charge in [0, 0.05) is 42.4 Å². The first-order valence-corrected chi connectivity index (χ1v) is 9.43. The first-order chi connectivity index (χ1) is 14.0. The highest BCUT2D eigenvalue weighted by atomic mass is 16.5. The Kier molecular flexibility index (Phi) is 4.98. The van der Waals surface area contributed by atoms with Crippen LogP contribution in [0.25, 0.3) is 10.9 Å². The van der Waals surface area contributed by atoms with Gasteiger partial charge < -0.3 is 24.1 Å². The lowest BCUT2D eigenvalue weighted by molar-refractivity contribution is -0.129. The second kappa shape index (κ2) is 7.60. The van der Waals surface area contributed by atoms with Gasteiger partial charge in [0.2, 0.25) is 5.78 Å². The Morgan fingerprint density at radius 1 is 1.28 bits per heavy atom. The maximum Gasteiger partial charge on any atom is 0.290 e. The summed E-state index contributed by atoms with van der Waals surface area (Å²) in [5.41, 5.74) is 2.57. The molecule has 7 nitrogen and oxygen atoms in total. The zero-order chi connectivity index (χ0) is 20.5. The van der Waals surface area contributed by atoms with Crippen LogP contribution in [0.3, 0.4) is 0 Å². The number of carbonyl (C=O) groups is 2. The molecule has 1 amide bonds. The number of nitrogens with zero attached hydrogens (tertiary/aromatic N) is 1. The van der Waals surface area contributed by atoms with E-state index in [1.807, 2.05) is 31.2 Å². The number of H-pyrrole nitrogens is 1. The smallest absolute Gasteiger partial charge is 0.290 e. The molecule has 0 radical (unpaired) electrons. The number of furan rings is 1. The average Bonchev–Trinajstić information content (AvgIpc) is 3.41. The van der Waals surface area contributed by atoms with E-state index in [4.69, 9.17) is 9.15 Å². The van der Waals surface area contributed by atoms with Crippen LogP contribution >= 0.6 is 0 Å². The lowest BCUT2D eigenvalue weighted by Crippen LogP contribution is -2.32. The number of hydrogen-bond donors (Lipinski definition) is 2. The number of fused-ring (bicyclic) bond motifs is 1. The van der Waals surface area contributed by atoms with Gasteiger partial charge in [-0.3, -0.25) is 9.59 Å². The SMILES string of the molecule is COCCCN1C(=O)C(O)=C(C(=O)c2ccco2)C1c1c(C)[nH]c2ccccc12. The van der Waals surface area contributed by atoms with E-state index in [-0.39, 0.29) is 11.3 Å². The maximum atomic E-state index is 13.2. The molecule has 0 saturated carbocycles. The van der Waals surface area contributed by atoms with Gasteiger partial charge in [-0.15, -0.1) is 0 Å². The summed E-state index contributed by atoms with van der Waals surface area (Å²) >= 11 is 0. The standard InChI is InChI=1S/C22H22N2O5/c1-13-17(14-7-3-4-8-15(14)23-13)19-18(20(25)16-9-5-12-29-16)21(26)22(27)24(19)10-6-11-28-2/h3-5,7-9,12,19,23,26H,6,10-11H2,1-2H3. The van der Waals surface area contributed by atoms with Crippen LogP contribution in [-0.4, -0.2) is 46.9 Å². The normalized spacial score (nSPS) is 17.0. The summed E-state index contributed by atoms with van der Waals surface area (Å²) in [6.45, 7) is 2.71. The number of aryl methyl sites for hydroxylation is 1. The molecule has 2 aromatic heterocycles. The van der Waals surface area contributed by atoms with Crippen LogP contribution in [0.15, 0.2) is 58.4 Å². The summed E-state index contributed by atoms with van der Waals surface area (Å²) in [5, 5.41) is 11.6. The van der Waals surface area contributed by atoms with Crippen molar-refractivity contribution in [2.24, 2.45) is 0 Å². The van der Waals surface area contributed by atoms with Gasteiger partial charge in [-0.05, 0) is 31.5 Å². The fourth-order valence-electron chi connectivity index (χ4n) is 3.99. The number of nitrogens with one attached hydrogen (secondary N) is 1. The fraction of sp³-hybridized carbons (Fsp3) is 0.273. The minimum atomic E-state index is -0.715. The highest BCUT2D eigenvalue weighted by Gasteiger charge is 2.45. The number of aliphatic hydroxyl groups is 1. The zero-order valence-corrected chi connectivity index (χ0v) is 16.3. The number of methoxy groups -OCH3 is 1. The summed E-state index contributed by atoms with van der Waals surface area (Å²) in [4.78, 5) is 30.9. The molecule has 29 heavy (non-hydrogen) atoms. The van der Waals surface area contributed by atoms with Crippen molar-refractivity contribution in [3.8, 4) is 0 Å². The average molecular weight is 394 g/mol. The number of Topliss-reactive ketones (excluding diaryl/α,β-unsaturated/α-hetero) is 1. The maximum absolute atomic E-state index is 13.2. The zero-order valence-electron chi connectivity index (χ0n) is 16.3. The van der Waals surface area contributed by atoms with E-state index in [1.54, 1.807) is 13.2 Å². The summed E-state index contributed by atoms with van der Waals surface area (Å²) in [5.74, 6) is -1.51. The molecule has 1 aliphatic heterocycles. The third-order valence-corrected chi connectivity index (χ3v) is 5.26. The minimum Gasteiger partial charge on any atom is -0.503 e. The van der Waals surface area contributed by atoms with Crippen molar-refractivity contribution in [2.75, 3.05) is 20.3 Å². The van der Waals surface area contributed by atoms with Crippen LogP contribution < -0.4 is 0 Å². The van der Waals surface area contributed by atoms with Gasteiger partial charge in [-0.25, -0.2) is 0 Å². The fourth-order valence-corrected chi connectivity index (χ4v) is 3.99. The molecule has 0 saturated heterocycles. The molecule has 1 unspecified atom stereocenters. The number of aromatic nitrogens is 1. The Balaban J connectivity index is 1.87. The third kappa shape index (κ3) is 3.13. The van der Waals surface area contributed by atoms with Gasteiger partial charge in [0.1, 0.15) is 0 Å². The van der Waals surface area contributed by atoms with Gasteiger partial charge in [-0.2, -0.15) is 0 Å². The predicted molar refractivity (Wildman–Crippen MR) is 107 cm³/mol. The van der Waals surface area contributed by atoms with E-state index >= 15 is 0 Å².